The van der Waals surface area contributed by atoms with Gasteiger partial charge in [0.15, 0.2) is 0 Å². The Morgan fingerprint density at radius 2 is 2.38 bits per heavy atom. The molecule has 0 amide bonds. The van der Waals surface area contributed by atoms with Crippen molar-refractivity contribution >= 4 is 11.3 Å². The first-order valence-corrected chi connectivity index (χ1v) is 5.01. The zero-order valence-electron chi connectivity index (χ0n) is 7.91. The third-order valence-corrected chi connectivity index (χ3v) is 3.01. The first-order valence-electron chi connectivity index (χ1n) is 4.19. The van der Waals surface area contributed by atoms with Crippen LogP contribution < -0.4 is 10.5 Å². The number of rotatable bonds is 4. The minimum Gasteiger partial charge on any atom is -0.496 e. The fraction of sp³-hybridized carbons (Fsp3) is 0.556. The minimum absolute atomic E-state index is 0.112. The van der Waals surface area contributed by atoms with Crippen LogP contribution in [0.4, 0.5) is 0 Å². The molecule has 0 spiro atoms. The van der Waals surface area contributed by atoms with Crippen LogP contribution in [-0.4, -0.2) is 18.8 Å². The number of aryl methyl sites for hydroxylation is 1. The van der Waals surface area contributed by atoms with Crippen molar-refractivity contribution in [3.8, 4) is 5.75 Å². The lowest BCUT2D eigenvalue weighted by molar-refractivity contribution is 0.276. The van der Waals surface area contributed by atoms with Crippen LogP contribution in [0.15, 0.2) is 6.07 Å². The summed E-state index contributed by atoms with van der Waals surface area (Å²) in [6.07, 6.45) is 0.580. The van der Waals surface area contributed by atoms with Gasteiger partial charge in [0, 0.05) is 17.5 Å². The molecule has 1 unspecified atom stereocenters. The average molecular weight is 201 g/mol. The van der Waals surface area contributed by atoms with Crippen LogP contribution >= 0.6 is 11.3 Å². The number of hydrogen-bond acceptors (Lipinski definition) is 4. The van der Waals surface area contributed by atoms with E-state index in [4.69, 9.17) is 15.6 Å². The molecule has 0 aliphatic carbocycles. The topological polar surface area (TPSA) is 55.5 Å². The van der Waals surface area contributed by atoms with Gasteiger partial charge in [0.05, 0.1) is 12.0 Å². The summed E-state index contributed by atoms with van der Waals surface area (Å²) in [7, 11) is 1.64. The van der Waals surface area contributed by atoms with Gasteiger partial charge >= 0.3 is 0 Å². The van der Waals surface area contributed by atoms with Crippen molar-refractivity contribution in [1.29, 1.82) is 0 Å². The van der Waals surface area contributed by atoms with Crippen molar-refractivity contribution < 1.29 is 9.84 Å². The molecular formula is C9H15NO2S. The first-order chi connectivity index (χ1) is 6.19. The molecule has 0 radical (unpaired) electrons. The van der Waals surface area contributed by atoms with Gasteiger partial charge in [-0.3, -0.25) is 0 Å². The Morgan fingerprint density at radius 3 is 2.92 bits per heavy atom. The zero-order valence-corrected chi connectivity index (χ0v) is 8.73. The Bertz CT molecular complexity index is 273. The Labute approximate surface area is 82.1 Å². The highest BCUT2D eigenvalue weighted by Gasteiger charge is 2.14. The Hall–Kier alpha value is -0.580. The molecule has 1 aromatic heterocycles. The second-order valence-corrected chi connectivity index (χ2v) is 4.20. The van der Waals surface area contributed by atoms with E-state index < -0.39 is 0 Å². The number of aliphatic hydroxyl groups is 1. The standard InChI is InChI=1S/C9H15NO2S/c1-6-5-8(12-2)9(13-6)7(10)3-4-11/h5,7,11H,3-4,10H2,1-2H3. The molecule has 3 nitrogen and oxygen atoms in total. The molecule has 0 saturated heterocycles. The summed E-state index contributed by atoms with van der Waals surface area (Å²) in [6.45, 7) is 2.13. The molecule has 0 fully saturated rings. The largest absolute Gasteiger partial charge is 0.496 e. The van der Waals surface area contributed by atoms with Crippen molar-refractivity contribution in [2.45, 2.75) is 19.4 Å². The predicted octanol–water partition coefficient (Wildman–Crippen LogP) is 1.45. The van der Waals surface area contributed by atoms with Gasteiger partial charge in [-0.05, 0) is 19.4 Å². The van der Waals surface area contributed by atoms with E-state index in [2.05, 4.69) is 0 Å². The minimum atomic E-state index is -0.112. The van der Waals surface area contributed by atoms with Crippen LogP contribution in [-0.2, 0) is 0 Å². The number of methoxy groups -OCH3 is 1. The predicted molar refractivity (Wildman–Crippen MR) is 54.2 cm³/mol. The Morgan fingerprint density at radius 1 is 1.69 bits per heavy atom. The monoisotopic (exact) mass is 201 g/mol. The van der Waals surface area contributed by atoms with Crippen molar-refractivity contribution in [2.75, 3.05) is 13.7 Å². The summed E-state index contributed by atoms with van der Waals surface area (Å²) < 4.78 is 5.18. The van der Waals surface area contributed by atoms with Crippen LogP contribution in [0, 0.1) is 6.92 Å². The van der Waals surface area contributed by atoms with Crippen molar-refractivity contribution in [3.05, 3.63) is 15.8 Å². The van der Waals surface area contributed by atoms with Crippen LogP contribution in [0.1, 0.15) is 22.2 Å². The number of ether oxygens (including phenoxy) is 1. The van der Waals surface area contributed by atoms with E-state index in [0.29, 0.717) is 6.42 Å². The van der Waals surface area contributed by atoms with Crippen molar-refractivity contribution in [3.63, 3.8) is 0 Å². The van der Waals surface area contributed by atoms with Gasteiger partial charge in [-0.1, -0.05) is 0 Å². The second-order valence-electron chi connectivity index (χ2n) is 2.91. The molecule has 0 aliphatic heterocycles. The summed E-state index contributed by atoms with van der Waals surface area (Å²) in [4.78, 5) is 2.20. The van der Waals surface area contributed by atoms with Crippen LogP contribution in [0.25, 0.3) is 0 Å². The molecule has 3 N–H and O–H groups in total. The van der Waals surface area contributed by atoms with Gasteiger partial charge < -0.3 is 15.6 Å². The Kier molecular flexibility index (Phi) is 3.71. The molecule has 4 heteroatoms. The van der Waals surface area contributed by atoms with Gasteiger partial charge in [-0.25, -0.2) is 0 Å². The van der Waals surface area contributed by atoms with Gasteiger partial charge in [-0.2, -0.15) is 0 Å². The SMILES string of the molecule is COc1cc(C)sc1C(N)CCO. The molecular weight excluding hydrogens is 186 g/mol. The van der Waals surface area contributed by atoms with Crippen LogP contribution in [0.2, 0.25) is 0 Å². The van der Waals surface area contributed by atoms with Gasteiger partial charge in [0.2, 0.25) is 0 Å². The highest BCUT2D eigenvalue weighted by molar-refractivity contribution is 7.12. The first kappa shape index (κ1) is 10.5. The van der Waals surface area contributed by atoms with Gasteiger partial charge in [0.25, 0.3) is 0 Å². The van der Waals surface area contributed by atoms with Crippen molar-refractivity contribution in [2.24, 2.45) is 5.73 Å². The fourth-order valence-electron chi connectivity index (χ4n) is 1.20. The number of nitrogens with two attached hydrogens (primary N) is 1. The van der Waals surface area contributed by atoms with Crippen molar-refractivity contribution in [1.82, 2.24) is 0 Å². The molecule has 1 rings (SSSR count). The average Bonchev–Trinajstić information content (AvgIpc) is 2.47. The molecule has 1 heterocycles. The number of hydrogen-bond donors (Lipinski definition) is 2. The lowest BCUT2D eigenvalue weighted by Crippen LogP contribution is -2.11. The third-order valence-electron chi connectivity index (χ3n) is 1.84. The second kappa shape index (κ2) is 4.60. The van der Waals surface area contributed by atoms with Gasteiger partial charge in [0.1, 0.15) is 5.75 Å². The van der Waals surface area contributed by atoms with E-state index in [1.54, 1.807) is 18.4 Å². The lowest BCUT2D eigenvalue weighted by atomic mass is 10.2. The van der Waals surface area contributed by atoms with E-state index in [1.807, 2.05) is 13.0 Å². The third kappa shape index (κ3) is 2.43. The molecule has 0 bridgehead atoms. The molecule has 13 heavy (non-hydrogen) atoms. The van der Waals surface area contributed by atoms with E-state index in [9.17, 15) is 0 Å². The van der Waals surface area contributed by atoms with E-state index in [0.717, 1.165) is 10.6 Å². The normalized spacial score (nSPS) is 12.9. The zero-order chi connectivity index (χ0) is 9.84. The highest BCUT2D eigenvalue weighted by Crippen LogP contribution is 2.33. The highest BCUT2D eigenvalue weighted by atomic mass is 32.1. The molecule has 74 valence electrons. The van der Waals surface area contributed by atoms with E-state index >= 15 is 0 Å². The summed E-state index contributed by atoms with van der Waals surface area (Å²) in [5.74, 6) is 0.837. The number of thiophene rings is 1. The molecule has 1 atom stereocenters. The summed E-state index contributed by atoms with van der Waals surface area (Å²) >= 11 is 1.63. The summed E-state index contributed by atoms with van der Waals surface area (Å²) in [5.41, 5.74) is 5.87. The smallest absolute Gasteiger partial charge is 0.134 e. The molecule has 0 aromatic carbocycles. The lowest BCUT2D eigenvalue weighted by Gasteiger charge is -2.09. The number of aliphatic hydroxyl groups excluding tert-OH is 1. The van der Waals surface area contributed by atoms with Gasteiger partial charge in [-0.15, -0.1) is 11.3 Å². The van der Waals surface area contributed by atoms with Crippen LogP contribution in [0.3, 0.4) is 0 Å². The molecule has 1 aromatic rings. The van der Waals surface area contributed by atoms with E-state index in [-0.39, 0.29) is 12.6 Å². The van der Waals surface area contributed by atoms with Crippen LogP contribution in [0.5, 0.6) is 5.75 Å². The molecule has 0 aliphatic rings. The Balaban J connectivity index is 2.84. The van der Waals surface area contributed by atoms with E-state index in [1.165, 1.54) is 4.88 Å². The quantitative estimate of drug-likeness (QED) is 0.775. The molecule has 0 saturated carbocycles. The fourth-order valence-corrected chi connectivity index (χ4v) is 2.22. The summed E-state index contributed by atoms with van der Waals surface area (Å²) in [6, 6.07) is 1.86. The maximum absolute atomic E-state index is 8.75. The summed E-state index contributed by atoms with van der Waals surface area (Å²) in [5, 5.41) is 8.75. The maximum Gasteiger partial charge on any atom is 0.134 e. The maximum atomic E-state index is 8.75.